The lowest BCUT2D eigenvalue weighted by Crippen LogP contribution is -2.61. The van der Waals surface area contributed by atoms with Gasteiger partial charge in [0, 0.05) is 25.1 Å². The van der Waals surface area contributed by atoms with Crippen molar-refractivity contribution in [3.05, 3.63) is 0 Å². The van der Waals surface area contributed by atoms with Crippen LogP contribution in [0.2, 0.25) is 0 Å². The Balaban J connectivity index is 2.24. The minimum atomic E-state index is -0.693. The smallest absolute Gasteiger partial charge is 0.308 e. The van der Waals surface area contributed by atoms with Crippen molar-refractivity contribution in [2.75, 3.05) is 20.3 Å². The Morgan fingerprint density at radius 1 is 1.56 bits per heavy atom. The van der Waals surface area contributed by atoms with E-state index in [-0.39, 0.29) is 23.9 Å². The summed E-state index contributed by atoms with van der Waals surface area (Å²) in [7, 11) is 1.72. The summed E-state index contributed by atoms with van der Waals surface area (Å²) in [5.41, 5.74) is 0.0679. The van der Waals surface area contributed by atoms with E-state index in [4.69, 9.17) is 9.47 Å². The van der Waals surface area contributed by atoms with E-state index < -0.39 is 6.10 Å². The van der Waals surface area contributed by atoms with E-state index in [1.165, 1.54) is 0 Å². The van der Waals surface area contributed by atoms with Gasteiger partial charge in [0.25, 0.3) is 0 Å². The SMILES string of the molecule is CCOC(=O)CC(O)CNC1CC(OC)C1(C)C. The van der Waals surface area contributed by atoms with Gasteiger partial charge in [-0.05, 0) is 13.3 Å². The highest BCUT2D eigenvalue weighted by molar-refractivity contribution is 5.69. The average molecular weight is 259 g/mol. The lowest BCUT2D eigenvalue weighted by atomic mass is 9.64. The van der Waals surface area contributed by atoms with Gasteiger partial charge in [0.2, 0.25) is 0 Å². The highest BCUT2D eigenvalue weighted by Crippen LogP contribution is 2.42. The molecule has 1 fully saturated rings. The van der Waals surface area contributed by atoms with Crippen LogP contribution in [-0.2, 0) is 14.3 Å². The molecule has 0 bridgehead atoms. The van der Waals surface area contributed by atoms with Gasteiger partial charge in [-0.3, -0.25) is 4.79 Å². The number of aliphatic hydroxyl groups is 1. The maximum Gasteiger partial charge on any atom is 0.308 e. The highest BCUT2D eigenvalue weighted by atomic mass is 16.5. The third-order valence-corrected chi connectivity index (χ3v) is 3.77. The van der Waals surface area contributed by atoms with Gasteiger partial charge in [0.15, 0.2) is 0 Å². The molecule has 0 aromatic rings. The van der Waals surface area contributed by atoms with Gasteiger partial charge in [-0.15, -0.1) is 0 Å². The normalized spacial score (nSPS) is 27.4. The van der Waals surface area contributed by atoms with Crippen LogP contribution in [0, 0.1) is 5.41 Å². The zero-order valence-corrected chi connectivity index (χ0v) is 11.7. The number of ether oxygens (including phenoxy) is 2. The zero-order valence-electron chi connectivity index (χ0n) is 11.7. The van der Waals surface area contributed by atoms with E-state index in [2.05, 4.69) is 19.2 Å². The maximum atomic E-state index is 11.2. The minimum absolute atomic E-state index is 0.0433. The van der Waals surface area contributed by atoms with Crippen molar-refractivity contribution < 1.29 is 19.4 Å². The minimum Gasteiger partial charge on any atom is -0.466 e. The Hall–Kier alpha value is -0.650. The molecule has 1 aliphatic rings. The number of aliphatic hydroxyl groups excluding tert-OH is 1. The quantitative estimate of drug-likeness (QED) is 0.659. The molecule has 0 aliphatic heterocycles. The van der Waals surface area contributed by atoms with E-state index in [1.807, 2.05) is 0 Å². The Labute approximate surface area is 109 Å². The van der Waals surface area contributed by atoms with Gasteiger partial charge in [-0.1, -0.05) is 13.8 Å². The fraction of sp³-hybridized carbons (Fsp3) is 0.923. The predicted molar refractivity (Wildman–Crippen MR) is 68.2 cm³/mol. The van der Waals surface area contributed by atoms with Crippen LogP contribution in [0.25, 0.3) is 0 Å². The van der Waals surface area contributed by atoms with Gasteiger partial charge in [-0.25, -0.2) is 0 Å². The van der Waals surface area contributed by atoms with Gasteiger partial charge in [-0.2, -0.15) is 0 Å². The summed E-state index contributed by atoms with van der Waals surface area (Å²) in [5.74, 6) is -0.352. The summed E-state index contributed by atoms with van der Waals surface area (Å²) in [6, 6.07) is 0.319. The first-order chi connectivity index (χ1) is 8.41. The summed E-state index contributed by atoms with van der Waals surface area (Å²) in [5, 5.41) is 13.0. The molecule has 0 spiro atoms. The van der Waals surface area contributed by atoms with Crippen LogP contribution >= 0.6 is 0 Å². The molecule has 0 aromatic heterocycles. The first-order valence-electron chi connectivity index (χ1n) is 6.51. The molecule has 0 heterocycles. The van der Waals surface area contributed by atoms with Crippen molar-refractivity contribution in [3.8, 4) is 0 Å². The molecule has 5 nitrogen and oxygen atoms in total. The molecule has 1 saturated carbocycles. The molecule has 2 N–H and O–H groups in total. The predicted octanol–water partition coefficient (Wildman–Crippen LogP) is 0.704. The number of carbonyl (C=O) groups is 1. The van der Waals surface area contributed by atoms with Gasteiger partial charge < -0.3 is 19.9 Å². The Morgan fingerprint density at radius 2 is 2.22 bits per heavy atom. The van der Waals surface area contributed by atoms with Crippen molar-refractivity contribution in [1.82, 2.24) is 5.32 Å². The maximum absolute atomic E-state index is 11.2. The van der Waals surface area contributed by atoms with Gasteiger partial charge in [0.1, 0.15) is 0 Å². The molecule has 0 saturated heterocycles. The number of rotatable bonds is 7. The number of nitrogens with one attached hydrogen (secondary N) is 1. The van der Waals surface area contributed by atoms with Crippen molar-refractivity contribution >= 4 is 5.97 Å². The van der Waals surface area contributed by atoms with E-state index in [1.54, 1.807) is 14.0 Å². The van der Waals surface area contributed by atoms with Crippen LogP contribution < -0.4 is 5.32 Å². The second-order valence-corrected chi connectivity index (χ2v) is 5.41. The number of methoxy groups -OCH3 is 1. The first-order valence-corrected chi connectivity index (χ1v) is 6.51. The molecule has 106 valence electrons. The molecule has 3 unspecified atom stereocenters. The summed E-state index contributed by atoms with van der Waals surface area (Å²) < 4.78 is 10.1. The van der Waals surface area contributed by atoms with Crippen molar-refractivity contribution in [3.63, 3.8) is 0 Å². The topological polar surface area (TPSA) is 67.8 Å². The second kappa shape index (κ2) is 6.50. The van der Waals surface area contributed by atoms with E-state index in [0.29, 0.717) is 19.2 Å². The summed E-state index contributed by atoms with van der Waals surface area (Å²) in [4.78, 5) is 11.2. The zero-order chi connectivity index (χ0) is 13.8. The fourth-order valence-corrected chi connectivity index (χ4v) is 2.39. The molecule has 0 radical (unpaired) electrons. The number of esters is 1. The number of hydrogen-bond donors (Lipinski definition) is 2. The molecule has 3 atom stereocenters. The van der Waals surface area contributed by atoms with E-state index in [0.717, 1.165) is 6.42 Å². The van der Waals surface area contributed by atoms with Crippen LogP contribution in [0.4, 0.5) is 0 Å². The summed E-state index contributed by atoms with van der Waals surface area (Å²) in [6.45, 7) is 6.79. The number of carbonyl (C=O) groups excluding carboxylic acids is 1. The largest absolute Gasteiger partial charge is 0.466 e. The van der Waals surface area contributed by atoms with Crippen molar-refractivity contribution in [2.45, 2.75) is 51.9 Å². The van der Waals surface area contributed by atoms with Crippen LogP contribution in [-0.4, -0.2) is 49.6 Å². The third kappa shape index (κ3) is 3.67. The summed E-state index contributed by atoms with van der Waals surface area (Å²) >= 11 is 0. The monoisotopic (exact) mass is 259 g/mol. The Kier molecular flexibility index (Phi) is 5.56. The summed E-state index contributed by atoms with van der Waals surface area (Å²) in [6.07, 6.45) is 0.552. The van der Waals surface area contributed by atoms with Crippen molar-refractivity contribution in [2.24, 2.45) is 5.41 Å². The third-order valence-electron chi connectivity index (χ3n) is 3.77. The molecule has 0 amide bonds. The Morgan fingerprint density at radius 3 is 2.72 bits per heavy atom. The van der Waals surface area contributed by atoms with Crippen LogP contribution in [0.15, 0.2) is 0 Å². The standard InChI is InChI=1S/C13H25NO4/c1-5-18-12(16)6-9(15)8-14-10-7-11(17-4)13(10,2)3/h9-11,14-15H,5-8H2,1-4H3. The van der Waals surface area contributed by atoms with Crippen LogP contribution in [0.3, 0.4) is 0 Å². The molecular weight excluding hydrogens is 234 g/mol. The lowest BCUT2D eigenvalue weighted by molar-refractivity contribution is -0.145. The van der Waals surface area contributed by atoms with E-state index in [9.17, 15) is 9.90 Å². The molecule has 0 aromatic carbocycles. The molecule has 18 heavy (non-hydrogen) atoms. The molecule has 5 heteroatoms. The van der Waals surface area contributed by atoms with Gasteiger partial charge >= 0.3 is 5.97 Å². The first kappa shape index (κ1) is 15.4. The van der Waals surface area contributed by atoms with Crippen LogP contribution in [0.5, 0.6) is 0 Å². The fourth-order valence-electron chi connectivity index (χ4n) is 2.39. The lowest BCUT2D eigenvalue weighted by Gasteiger charge is -2.51. The highest BCUT2D eigenvalue weighted by Gasteiger charge is 2.48. The van der Waals surface area contributed by atoms with Crippen LogP contribution in [0.1, 0.15) is 33.6 Å². The van der Waals surface area contributed by atoms with Gasteiger partial charge in [0.05, 0.1) is 25.2 Å². The van der Waals surface area contributed by atoms with E-state index >= 15 is 0 Å². The molecule has 1 rings (SSSR count). The Bertz CT molecular complexity index is 280. The number of hydrogen-bond acceptors (Lipinski definition) is 5. The molecule has 1 aliphatic carbocycles. The molecular formula is C13H25NO4. The second-order valence-electron chi connectivity index (χ2n) is 5.41. The van der Waals surface area contributed by atoms with Crippen molar-refractivity contribution in [1.29, 1.82) is 0 Å². The average Bonchev–Trinajstić information content (AvgIpc) is 2.28.